The summed E-state index contributed by atoms with van der Waals surface area (Å²) in [6.07, 6.45) is 10.1. The highest BCUT2D eigenvalue weighted by atomic mass is 16.6. The van der Waals surface area contributed by atoms with Gasteiger partial charge in [-0.1, -0.05) is 31.4 Å². The van der Waals surface area contributed by atoms with Crippen molar-refractivity contribution < 1.29 is 9.47 Å². The van der Waals surface area contributed by atoms with Crippen LogP contribution < -0.4 is 10.5 Å². The molecule has 2 aliphatic rings. The minimum absolute atomic E-state index is 0.192. The largest absolute Gasteiger partial charge is 0.491 e. The van der Waals surface area contributed by atoms with Crippen LogP contribution in [0.4, 0.5) is 0 Å². The third-order valence-corrected chi connectivity index (χ3v) is 4.90. The highest BCUT2D eigenvalue weighted by molar-refractivity contribution is 5.27. The summed E-state index contributed by atoms with van der Waals surface area (Å²) in [5, 5.41) is 0. The molecule has 1 aliphatic heterocycles. The van der Waals surface area contributed by atoms with Gasteiger partial charge >= 0.3 is 0 Å². The zero-order valence-corrected chi connectivity index (χ0v) is 12.9. The number of hydrogen-bond acceptors (Lipinski definition) is 3. The second kappa shape index (κ2) is 6.80. The molecule has 21 heavy (non-hydrogen) atoms. The van der Waals surface area contributed by atoms with Crippen LogP contribution >= 0.6 is 0 Å². The van der Waals surface area contributed by atoms with Crippen LogP contribution in [0.2, 0.25) is 0 Å². The molecule has 1 aromatic rings. The standard InChI is InChI=1S/C18H27NO2/c19-13-9-15-4-6-16(7-5-15)20-14-17-8-12-18(21-17)10-2-1-3-11-18/h4-7,17H,1-3,8-14,19H2. The van der Waals surface area contributed by atoms with Gasteiger partial charge < -0.3 is 15.2 Å². The molecule has 3 rings (SSSR count). The Hall–Kier alpha value is -1.06. The van der Waals surface area contributed by atoms with Crippen LogP contribution in [-0.2, 0) is 11.2 Å². The first-order chi connectivity index (χ1) is 10.3. The summed E-state index contributed by atoms with van der Waals surface area (Å²) in [5.41, 5.74) is 7.02. The first-order valence-electron chi connectivity index (χ1n) is 8.39. The number of benzene rings is 1. The third-order valence-electron chi connectivity index (χ3n) is 4.90. The molecule has 0 amide bonds. The van der Waals surface area contributed by atoms with Gasteiger partial charge in [-0.3, -0.25) is 0 Å². The molecule has 1 unspecified atom stereocenters. The summed E-state index contributed by atoms with van der Waals surface area (Å²) in [6.45, 7) is 1.37. The smallest absolute Gasteiger partial charge is 0.119 e. The van der Waals surface area contributed by atoms with Gasteiger partial charge in [0.2, 0.25) is 0 Å². The van der Waals surface area contributed by atoms with Gasteiger partial charge in [0.1, 0.15) is 12.4 Å². The Balaban J connectivity index is 1.47. The molecular weight excluding hydrogens is 262 g/mol. The molecule has 1 saturated carbocycles. The van der Waals surface area contributed by atoms with Gasteiger partial charge in [0.05, 0.1) is 11.7 Å². The highest BCUT2D eigenvalue weighted by Gasteiger charge is 2.40. The molecule has 1 spiro atoms. The molecule has 1 aliphatic carbocycles. The Bertz CT molecular complexity index is 437. The van der Waals surface area contributed by atoms with E-state index in [9.17, 15) is 0 Å². The lowest BCUT2D eigenvalue weighted by atomic mass is 9.83. The molecule has 3 nitrogen and oxygen atoms in total. The zero-order valence-electron chi connectivity index (χ0n) is 12.9. The van der Waals surface area contributed by atoms with E-state index in [0.29, 0.717) is 13.2 Å². The summed E-state index contributed by atoms with van der Waals surface area (Å²) in [6, 6.07) is 8.27. The van der Waals surface area contributed by atoms with Gasteiger partial charge in [-0.25, -0.2) is 0 Å². The maximum atomic E-state index is 6.33. The first-order valence-corrected chi connectivity index (χ1v) is 8.39. The SMILES string of the molecule is NCCc1ccc(OCC2CCC3(CCCCC3)O2)cc1. The maximum absolute atomic E-state index is 6.33. The number of hydrogen-bond donors (Lipinski definition) is 1. The summed E-state index contributed by atoms with van der Waals surface area (Å²) >= 11 is 0. The molecule has 1 atom stereocenters. The van der Waals surface area contributed by atoms with Crippen molar-refractivity contribution >= 4 is 0 Å². The number of rotatable bonds is 5. The van der Waals surface area contributed by atoms with Crippen LogP contribution in [0, 0.1) is 0 Å². The Morgan fingerprint density at radius 2 is 1.86 bits per heavy atom. The van der Waals surface area contributed by atoms with E-state index in [1.54, 1.807) is 0 Å². The van der Waals surface area contributed by atoms with Crippen molar-refractivity contribution in [3.8, 4) is 5.75 Å². The van der Waals surface area contributed by atoms with Crippen molar-refractivity contribution in [1.82, 2.24) is 0 Å². The van der Waals surface area contributed by atoms with E-state index in [0.717, 1.165) is 18.6 Å². The summed E-state index contributed by atoms with van der Waals surface area (Å²) in [7, 11) is 0. The predicted octanol–water partition coefficient (Wildman–Crippen LogP) is 3.45. The fraction of sp³-hybridized carbons (Fsp3) is 0.667. The molecule has 116 valence electrons. The molecule has 2 N–H and O–H groups in total. The fourth-order valence-electron chi connectivity index (χ4n) is 3.68. The predicted molar refractivity (Wildman–Crippen MR) is 84.6 cm³/mol. The maximum Gasteiger partial charge on any atom is 0.119 e. The lowest BCUT2D eigenvalue weighted by Crippen LogP contribution is -2.32. The highest BCUT2D eigenvalue weighted by Crippen LogP contribution is 2.41. The second-order valence-corrected chi connectivity index (χ2v) is 6.52. The third kappa shape index (κ3) is 3.78. The molecule has 0 bridgehead atoms. The van der Waals surface area contributed by atoms with E-state index >= 15 is 0 Å². The van der Waals surface area contributed by atoms with Crippen molar-refractivity contribution in [2.24, 2.45) is 5.73 Å². The quantitative estimate of drug-likeness (QED) is 0.903. The van der Waals surface area contributed by atoms with Gasteiger partial charge in [-0.05, 0) is 56.3 Å². The lowest BCUT2D eigenvalue weighted by molar-refractivity contribution is -0.0748. The first kappa shape index (κ1) is 14.9. The van der Waals surface area contributed by atoms with E-state index in [-0.39, 0.29) is 11.7 Å². The molecule has 0 radical (unpaired) electrons. The summed E-state index contributed by atoms with van der Waals surface area (Å²) in [5.74, 6) is 0.934. The van der Waals surface area contributed by atoms with Crippen LogP contribution in [0.25, 0.3) is 0 Å². The summed E-state index contributed by atoms with van der Waals surface area (Å²) < 4.78 is 12.2. The van der Waals surface area contributed by atoms with Crippen molar-refractivity contribution in [2.75, 3.05) is 13.2 Å². The Kier molecular flexibility index (Phi) is 4.81. The van der Waals surface area contributed by atoms with Crippen molar-refractivity contribution in [1.29, 1.82) is 0 Å². The average Bonchev–Trinajstić information content (AvgIpc) is 2.90. The molecule has 1 saturated heterocycles. The molecule has 3 heteroatoms. The number of ether oxygens (including phenoxy) is 2. The normalized spacial score (nSPS) is 24.3. The van der Waals surface area contributed by atoms with E-state index in [2.05, 4.69) is 12.1 Å². The monoisotopic (exact) mass is 289 g/mol. The Morgan fingerprint density at radius 3 is 2.57 bits per heavy atom. The van der Waals surface area contributed by atoms with Crippen LogP contribution in [0.1, 0.15) is 50.5 Å². The van der Waals surface area contributed by atoms with Crippen LogP contribution in [0.3, 0.4) is 0 Å². The minimum atomic E-state index is 0.192. The molecule has 2 fully saturated rings. The average molecular weight is 289 g/mol. The fourth-order valence-corrected chi connectivity index (χ4v) is 3.68. The zero-order chi connectivity index (χ0) is 14.5. The van der Waals surface area contributed by atoms with E-state index in [1.807, 2.05) is 12.1 Å². The van der Waals surface area contributed by atoms with E-state index in [4.69, 9.17) is 15.2 Å². The molecule has 0 aromatic heterocycles. The lowest BCUT2D eigenvalue weighted by Gasteiger charge is -2.33. The van der Waals surface area contributed by atoms with Crippen molar-refractivity contribution in [3.05, 3.63) is 29.8 Å². The Labute approximate surface area is 127 Å². The van der Waals surface area contributed by atoms with E-state index in [1.165, 1.54) is 44.1 Å². The van der Waals surface area contributed by atoms with E-state index < -0.39 is 0 Å². The Morgan fingerprint density at radius 1 is 1.10 bits per heavy atom. The van der Waals surface area contributed by atoms with Gasteiger partial charge in [-0.2, -0.15) is 0 Å². The van der Waals surface area contributed by atoms with Gasteiger partial charge in [0, 0.05) is 0 Å². The van der Waals surface area contributed by atoms with Crippen LogP contribution in [-0.4, -0.2) is 24.9 Å². The molecular formula is C18H27NO2. The second-order valence-electron chi connectivity index (χ2n) is 6.52. The molecule has 1 heterocycles. The van der Waals surface area contributed by atoms with Gasteiger partial charge in [0.25, 0.3) is 0 Å². The van der Waals surface area contributed by atoms with Crippen LogP contribution in [0.15, 0.2) is 24.3 Å². The summed E-state index contributed by atoms with van der Waals surface area (Å²) in [4.78, 5) is 0. The molecule has 1 aromatic carbocycles. The van der Waals surface area contributed by atoms with Crippen LogP contribution in [0.5, 0.6) is 5.75 Å². The van der Waals surface area contributed by atoms with Crippen molar-refractivity contribution in [3.63, 3.8) is 0 Å². The van der Waals surface area contributed by atoms with Crippen molar-refractivity contribution in [2.45, 2.75) is 63.1 Å². The topological polar surface area (TPSA) is 44.5 Å². The van der Waals surface area contributed by atoms with Gasteiger partial charge in [0.15, 0.2) is 0 Å². The minimum Gasteiger partial charge on any atom is -0.491 e. The van der Waals surface area contributed by atoms with Gasteiger partial charge in [-0.15, -0.1) is 0 Å². The number of nitrogens with two attached hydrogens (primary N) is 1.